The van der Waals surface area contributed by atoms with Gasteiger partial charge in [0.1, 0.15) is 17.0 Å². The van der Waals surface area contributed by atoms with E-state index in [1.807, 2.05) is 73.7 Å². The summed E-state index contributed by atoms with van der Waals surface area (Å²) in [5.74, 6) is 0.123. The van der Waals surface area contributed by atoms with Gasteiger partial charge in [-0.05, 0) is 67.4 Å². The molecule has 7 nitrogen and oxygen atoms in total. The van der Waals surface area contributed by atoms with Crippen LogP contribution in [0.1, 0.15) is 28.5 Å². The molecular weight excluding hydrogens is 488 g/mol. The Hall–Kier alpha value is -4.10. The van der Waals surface area contributed by atoms with Crippen LogP contribution in [0.2, 0.25) is 5.02 Å². The molecule has 1 atom stereocenters. The van der Waals surface area contributed by atoms with E-state index in [1.165, 1.54) is 4.90 Å². The van der Waals surface area contributed by atoms with E-state index in [4.69, 9.17) is 21.4 Å². The summed E-state index contributed by atoms with van der Waals surface area (Å²) in [6.07, 6.45) is 0. The molecule has 0 saturated heterocycles. The average molecular weight is 515 g/mol. The fourth-order valence-corrected chi connectivity index (χ4v) is 4.75. The van der Waals surface area contributed by atoms with Gasteiger partial charge in [0, 0.05) is 22.8 Å². The normalized spacial score (nSPS) is 16.9. The van der Waals surface area contributed by atoms with Crippen molar-refractivity contribution >= 4 is 29.1 Å². The topological polar surface area (TPSA) is 76.5 Å². The molecule has 0 bridgehead atoms. The first-order valence-electron chi connectivity index (χ1n) is 12.0. The van der Waals surface area contributed by atoms with Crippen LogP contribution in [0.15, 0.2) is 78.9 Å². The van der Waals surface area contributed by atoms with Crippen molar-refractivity contribution in [1.82, 2.24) is 15.1 Å². The molecule has 0 fully saturated rings. The van der Waals surface area contributed by atoms with Crippen LogP contribution in [0.4, 0.5) is 5.69 Å². The van der Waals surface area contributed by atoms with E-state index in [9.17, 15) is 9.59 Å². The Morgan fingerprint density at radius 1 is 1.08 bits per heavy atom. The molecule has 0 aliphatic carbocycles. The molecule has 0 radical (unpaired) electrons. The minimum Gasteiger partial charge on any atom is -0.497 e. The predicted octanol–water partition coefficient (Wildman–Crippen LogP) is 5.26. The maximum Gasteiger partial charge on any atom is 0.277 e. The van der Waals surface area contributed by atoms with Crippen LogP contribution in [0.3, 0.4) is 0 Å². The molecule has 0 spiro atoms. The molecule has 188 valence electrons. The summed E-state index contributed by atoms with van der Waals surface area (Å²) in [4.78, 5) is 29.2. The standard InChI is InChI=1S/C29H27ClN4O3/c1-19-9-12-22(15-24(19)30)34-27(35)26-16-25(21-10-13-23(37-3)14-11-21)32-33(26)18-29(34,2)28(36)31-17-20-7-5-4-6-8-20/h4-16H,17-18H2,1-3H3,(H,31,36)/t29-/m1/s1. The Bertz CT molecular complexity index is 1470. The van der Waals surface area contributed by atoms with E-state index in [0.29, 0.717) is 28.6 Å². The number of amides is 2. The molecular formula is C29H27ClN4O3. The van der Waals surface area contributed by atoms with Crippen LogP contribution in [-0.2, 0) is 17.9 Å². The molecule has 2 heterocycles. The zero-order valence-electron chi connectivity index (χ0n) is 20.9. The molecule has 0 saturated carbocycles. The number of benzene rings is 3. The zero-order chi connectivity index (χ0) is 26.2. The molecule has 3 aromatic carbocycles. The highest BCUT2D eigenvalue weighted by Crippen LogP contribution is 2.36. The summed E-state index contributed by atoms with van der Waals surface area (Å²) in [6, 6.07) is 24.3. The molecule has 4 aromatic rings. The summed E-state index contributed by atoms with van der Waals surface area (Å²) in [5, 5.41) is 8.25. The monoisotopic (exact) mass is 514 g/mol. The number of carbonyl (C=O) groups is 2. The number of hydrogen-bond donors (Lipinski definition) is 1. The predicted molar refractivity (Wildman–Crippen MR) is 144 cm³/mol. The van der Waals surface area contributed by atoms with Crippen LogP contribution in [0.5, 0.6) is 5.75 Å². The number of anilines is 1. The minimum absolute atomic E-state index is 0.177. The number of halogens is 1. The summed E-state index contributed by atoms with van der Waals surface area (Å²) in [6.45, 7) is 4.17. The van der Waals surface area contributed by atoms with E-state index in [2.05, 4.69) is 5.32 Å². The molecule has 8 heteroatoms. The van der Waals surface area contributed by atoms with Crippen molar-refractivity contribution < 1.29 is 14.3 Å². The molecule has 1 aromatic heterocycles. The van der Waals surface area contributed by atoms with Gasteiger partial charge in [0.25, 0.3) is 5.91 Å². The smallest absolute Gasteiger partial charge is 0.277 e. The Morgan fingerprint density at radius 3 is 2.49 bits per heavy atom. The summed E-state index contributed by atoms with van der Waals surface area (Å²) >= 11 is 6.44. The molecule has 5 rings (SSSR count). The second-order valence-corrected chi connectivity index (χ2v) is 9.72. The molecule has 37 heavy (non-hydrogen) atoms. The van der Waals surface area contributed by atoms with Crippen LogP contribution in [-0.4, -0.2) is 34.2 Å². The Balaban J connectivity index is 1.55. The molecule has 0 unspecified atom stereocenters. The zero-order valence-corrected chi connectivity index (χ0v) is 21.6. The Kier molecular flexibility index (Phi) is 6.48. The van der Waals surface area contributed by atoms with E-state index in [-0.39, 0.29) is 18.4 Å². The minimum atomic E-state index is -1.25. The lowest BCUT2D eigenvalue weighted by molar-refractivity contribution is -0.126. The number of nitrogens with zero attached hydrogens (tertiary/aromatic N) is 3. The summed E-state index contributed by atoms with van der Waals surface area (Å²) in [5.41, 5.74) is 3.04. The van der Waals surface area contributed by atoms with E-state index in [0.717, 1.165) is 22.4 Å². The van der Waals surface area contributed by atoms with Gasteiger partial charge in [-0.2, -0.15) is 5.10 Å². The highest BCUT2D eigenvalue weighted by Gasteiger charge is 2.49. The highest BCUT2D eigenvalue weighted by atomic mass is 35.5. The third kappa shape index (κ3) is 4.58. The summed E-state index contributed by atoms with van der Waals surface area (Å²) < 4.78 is 6.87. The number of aryl methyl sites for hydroxylation is 1. The van der Waals surface area contributed by atoms with E-state index >= 15 is 0 Å². The van der Waals surface area contributed by atoms with Gasteiger partial charge in [0.2, 0.25) is 5.91 Å². The number of methoxy groups -OCH3 is 1. The summed E-state index contributed by atoms with van der Waals surface area (Å²) in [7, 11) is 1.61. The lowest BCUT2D eigenvalue weighted by Crippen LogP contribution is -2.64. The lowest BCUT2D eigenvalue weighted by Gasteiger charge is -2.43. The van der Waals surface area contributed by atoms with Gasteiger partial charge in [-0.1, -0.05) is 48.0 Å². The number of ether oxygens (including phenoxy) is 1. The first kappa shape index (κ1) is 24.6. The fraction of sp³-hybridized carbons (Fsp3) is 0.207. The second kappa shape index (κ2) is 9.75. The largest absolute Gasteiger partial charge is 0.497 e. The maximum atomic E-state index is 14.0. The van der Waals surface area contributed by atoms with Gasteiger partial charge in [-0.15, -0.1) is 0 Å². The molecule has 1 N–H and O–H groups in total. The van der Waals surface area contributed by atoms with Crippen molar-refractivity contribution in [2.75, 3.05) is 12.0 Å². The highest BCUT2D eigenvalue weighted by molar-refractivity contribution is 6.31. The number of carbonyl (C=O) groups excluding carboxylic acids is 2. The van der Waals surface area contributed by atoms with Crippen LogP contribution < -0.4 is 15.0 Å². The first-order valence-corrected chi connectivity index (χ1v) is 12.3. The van der Waals surface area contributed by atoms with Crippen molar-refractivity contribution in [2.24, 2.45) is 0 Å². The quantitative estimate of drug-likeness (QED) is 0.381. The molecule has 1 aliphatic heterocycles. The van der Waals surface area contributed by atoms with Crippen molar-refractivity contribution in [1.29, 1.82) is 0 Å². The van der Waals surface area contributed by atoms with Gasteiger partial charge in [0.05, 0.1) is 19.3 Å². The molecule has 2 amide bonds. The maximum absolute atomic E-state index is 14.0. The van der Waals surface area contributed by atoms with Gasteiger partial charge in [-0.25, -0.2) is 0 Å². The first-order chi connectivity index (χ1) is 17.8. The van der Waals surface area contributed by atoms with Crippen molar-refractivity contribution in [3.63, 3.8) is 0 Å². The van der Waals surface area contributed by atoms with Crippen LogP contribution in [0, 0.1) is 6.92 Å². The van der Waals surface area contributed by atoms with Crippen molar-refractivity contribution in [3.05, 3.63) is 101 Å². The van der Waals surface area contributed by atoms with Gasteiger partial charge in [-0.3, -0.25) is 19.2 Å². The Morgan fingerprint density at radius 2 is 1.81 bits per heavy atom. The third-order valence-corrected chi connectivity index (χ3v) is 7.15. The Labute approximate surface area is 220 Å². The lowest BCUT2D eigenvalue weighted by atomic mass is 9.93. The number of nitrogens with one attached hydrogen (secondary N) is 1. The number of aromatic nitrogens is 2. The number of rotatable bonds is 6. The van der Waals surface area contributed by atoms with Crippen molar-refractivity contribution in [2.45, 2.75) is 32.5 Å². The fourth-order valence-electron chi connectivity index (χ4n) is 4.58. The third-order valence-electron chi connectivity index (χ3n) is 6.74. The van der Waals surface area contributed by atoms with Gasteiger partial charge in [0.15, 0.2) is 0 Å². The SMILES string of the molecule is COc1ccc(-c2cc3n(n2)C[C@](C)(C(=O)NCc2ccccc2)N(c2ccc(C)c(Cl)c2)C3=O)cc1. The van der Waals surface area contributed by atoms with Crippen molar-refractivity contribution in [3.8, 4) is 17.0 Å². The van der Waals surface area contributed by atoms with E-state index < -0.39 is 5.54 Å². The van der Waals surface area contributed by atoms with Crippen LogP contribution >= 0.6 is 11.6 Å². The van der Waals surface area contributed by atoms with Gasteiger partial charge >= 0.3 is 0 Å². The van der Waals surface area contributed by atoms with Crippen LogP contribution in [0.25, 0.3) is 11.3 Å². The molecule has 1 aliphatic rings. The van der Waals surface area contributed by atoms with E-state index in [1.54, 1.807) is 30.8 Å². The average Bonchev–Trinajstić information content (AvgIpc) is 3.34. The number of fused-ring (bicyclic) bond motifs is 1. The number of hydrogen-bond acceptors (Lipinski definition) is 4. The second-order valence-electron chi connectivity index (χ2n) is 9.32. The van der Waals surface area contributed by atoms with Gasteiger partial charge < -0.3 is 10.1 Å².